The van der Waals surface area contributed by atoms with Gasteiger partial charge in [0.15, 0.2) is 0 Å². The molecule has 0 fully saturated rings. The molecule has 28 heavy (non-hydrogen) atoms. The molecule has 0 aliphatic heterocycles. The molecule has 0 radical (unpaired) electrons. The van der Waals surface area contributed by atoms with E-state index in [1.54, 1.807) is 24.1 Å². The van der Waals surface area contributed by atoms with E-state index in [2.05, 4.69) is 10.1 Å². The first-order valence-corrected chi connectivity index (χ1v) is 9.47. The maximum absolute atomic E-state index is 12.4. The van der Waals surface area contributed by atoms with Crippen LogP contribution >= 0.6 is 11.6 Å². The van der Waals surface area contributed by atoms with Crippen LogP contribution in [0.4, 0.5) is 0 Å². The molecule has 0 atom stereocenters. The minimum atomic E-state index is 0.0140. The van der Waals surface area contributed by atoms with Crippen molar-refractivity contribution in [3.63, 3.8) is 0 Å². The molecule has 0 saturated heterocycles. The molecule has 3 aromatic rings. The lowest BCUT2D eigenvalue weighted by Gasteiger charge is -2.17. The topological polar surface area (TPSA) is 68.5 Å². The zero-order chi connectivity index (χ0) is 19.9. The molecule has 0 bridgehead atoms. The maximum Gasteiger partial charge on any atom is 0.227 e. The van der Waals surface area contributed by atoms with Gasteiger partial charge in [0.2, 0.25) is 17.6 Å². The third kappa shape index (κ3) is 5.33. The Morgan fingerprint density at radius 2 is 1.86 bits per heavy atom. The first kappa shape index (κ1) is 19.9. The van der Waals surface area contributed by atoms with E-state index in [1.165, 1.54) is 0 Å². The highest BCUT2D eigenvalue weighted by Crippen LogP contribution is 2.19. The summed E-state index contributed by atoms with van der Waals surface area (Å²) in [6, 6.07) is 14.9. The Bertz CT molecular complexity index is 907. The normalized spacial score (nSPS) is 10.7. The van der Waals surface area contributed by atoms with Crippen molar-refractivity contribution in [2.75, 3.05) is 13.7 Å². The zero-order valence-electron chi connectivity index (χ0n) is 15.9. The van der Waals surface area contributed by atoms with Gasteiger partial charge in [-0.25, -0.2) is 0 Å². The summed E-state index contributed by atoms with van der Waals surface area (Å²) in [5.41, 5.74) is 1.86. The number of carbonyl (C=O) groups excluding carboxylic acids is 1. The average molecular weight is 400 g/mol. The summed E-state index contributed by atoms with van der Waals surface area (Å²) >= 11 is 5.89. The van der Waals surface area contributed by atoms with Crippen molar-refractivity contribution in [2.45, 2.75) is 26.3 Å². The fourth-order valence-electron chi connectivity index (χ4n) is 2.70. The maximum atomic E-state index is 12.4. The summed E-state index contributed by atoms with van der Waals surface area (Å²) < 4.78 is 10.7. The van der Waals surface area contributed by atoms with Gasteiger partial charge in [-0.3, -0.25) is 4.79 Å². The van der Waals surface area contributed by atoms with Gasteiger partial charge in [-0.05, 0) is 48.9 Å². The number of rotatable bonds is 8. The van der Waals surface area contributed by atoms with Crippen molar-refractivity contribution >= 4 is 17.5 Å². The Kier molecular flexibility index (Phi) is 6.66. The predicted octanol–water partition coefficient (Wildman–Crippen LogP) is 4.38. The number of aromatic nitrogens is 2. The highest BCUT2D eigenvalue weighted by molar-refractivity contribution is 6.30. The number of hydrogen-bond acceptors (Lipinski definition) is 5. The largest absolute Gasteiger partial charge is 0.494 e. The number of amides is 1. The third-order valence-electron chi connectivity index (χ3n) is 4.20. The molecule has 146 valence electrons. The Morgan fingerprint density at radius 1 is 1.14 bits per heavy atom. The van der Waals surface area contributed by atoms with E-state index >= 15 is 0 Å². The first-order valence-electron chi connectivity index (χ1n) is 9.09. The van der Waals surface area contributed by atoms with Gasteiger partial charge in [-0.2, -0.15) is 4.98 Å². The molecule has 6 nitrogen and oxygen atoms in total. The van der Waals surface area contributed by atoms with Gasteiger partial charge in [0.05, 0.1) is 6.61 Å². The van der Waals surface area contributed by atoms with Crippen molar-refractivity contribution in [1.82, 2.24) is 15.0 Å². The molecule has 1 aromatic heterocycles. The number of carbonyl (C=O) groups is 1. The third-order valence-corrected chi connectivity index (χ3v) is 4.46. The van der Waals surface area contributed by atoms with Crippen molar-refractivity contribution in [3.8, 4) is 17.1 Å². The first-order chi connectivity index (χ1) is 13.5. The molecule has 1 heterocycles. The summed E-state index contributed by atoms with van der Waals surface area (Å²) in [5.74, 6) is 1.77. The monoisotopic (exact) mass is 399 g/mol. The van der Waals surface area contributed by atoms with Crippen molar-refractivity contribution < 1.29 is 14.1 Å². The minimum Gasteiger partial charge on any atom is -0.494 e. The van der Waals surface area contributed by atoms with E-state index in [-0.39, 0.29) is 5.91 Å². The number of benzene rings is 2. The minimum absolute atomic E-state index is 0.0140. The summed E-state index contributed by atoms with van der Waals surface area (Å²) in [4.78, 5) is 18.4. The van der Waals surface area contributed by atoms with Crippen molar-refractivity contribution in [1.29, 1.82) is 0 Å². The molecule has 0 spiro atoms. The highest BCUT2D eigenvalue weighted by Gasteiger charge is 2.14. The van der Waals surface area contributed by atoms with Crippen LogP contribution in [0, 0.1) is 0 Å². The lowest BCUT2D eigenvalue weighted by molar-refractivity contribution is -0.130. The van der Waals surface area contributed by atoms with Gasteiger partial charge in [-0.1, -0.05) is 28.9 Å². The number of nitrogens with zero attached hydrogens (tertiary/aromatic N) is 3. The second kappa shape index (κ2) is 9.37. The van der Waals surface area contributed by atoms with Crippen LogP contribution in [0.3, 0.4) is 0 Å². The van der Waals surface area contributed by atoms with Gasteiger partial charge in [0.1, 0.15) is 5.75 Å². The van der Waals surface area contributed by atoms with E-state index < -0.39 is 0 Å². The summed E-state index contributed by atoms with van der Waals surface area (Å²) in [6.07, 6.45) is 0.697. The van der Waals surface area contributed by atoms with Crippen LogP contribution < -0.4 is 4.74 Å². The molecule has 2 aromatic carbocycles. The Labute approximate surface area is 169 Å². The number of halogens is 1. The summed E-state index contributed by atoms with van der Waals surface area (Å²) in [5, 5.41) is 4.61. The molecule has 1 amide bonds. The van der Waals surface area contributed by atoms with Crippen LogP contribution in [0.2, 0.25) is 5.02 Å². The Morgan fingerprint density at radius 3 is 2.54 bits per heavy atom. The predicted molar refractivity (Wildman–Crippen MR) is 107 cm³/mol. The zero-order valence-corrected chi connectivity index (χ0v) is 16.6. The van der Waals surface area contributed by atoms with Crippen molar-refractivity contribution in [3.05, 3.63) is 65.0 Å². The quantitative estimate of drug-likeness (QED) is 0.562. The lowest BCUT2D eigenvalue weighted by atomic mass is 10.2. The van der Waals surface area contributed by atoms with Crippen LogP contribution in [-0.2, 0) is 17.8 Å². The Balaban J connectivity index is 1.51. The van der Waals surface area contributed by atoms with E-state index in [0.717, 1.165) is 16.9 Å². The number of ether oxygens (including phenoxy) is 1. The molecule has 0 aliphatic carbocycles. The molecular formula is C21H22ClN3O3. The summed E-state index contributed by atoms with van der Waals surface area (Å²) in [7, 11) is 1.78. The smallest absolute Gasteiger partial charge is 0.227 e. The van der Waals surface area contributed by atoms with Gasteiger partial charge in [-0.15, -0.1) is 0 Å². The molecular weight excluding hydrogens is 378 g/mol. The van der Waals surface area contributed by atoms with Crippen LogP contribution in [0.1, 0.15) is 24.8 Å². The standard InChI is InChI=1S/C21H22ClN3O3/c1-3-27-18-10-4-15(5-11-18)14-25(2)20(26)13-12-19-23-21(24-28-19)16-6-8-17(22)9-7-16/h4-11H,3,12-14H2,1-2H3. The van der Waals surface area contributed by atoms with Crippen LogP contribution in [0.5, 0.6) is 5.75 Å². The highest BCUT2D eigenvalue weighted by atomic mass is 35.5. The van der Waals surface area contributed by atoms with Gasteiger partial charge < -0.3 is 14.2 Å². The molecule has 0 saturated carbocycles. The second-order valence-electron chi connectivity index (χ2n) is 6.35. The second-order valence-corrected chi connectivity index (χ2v) is 6.78. The summed E-state index contributed by atoms with van der Waals surface area (Å²) in [6.45, 7) is 3.11. The average Bonchev–Trinajstić information content (AvgIpc) is 3.17. The van der Waals surface area contributed by atoms with Gasteiger partial charge in [0, 0.05) is 37.0 Å². The van der Waals surface area contributed by atoms with E-state index in [1.807, 2.05) is 43.3 Å². The lowest BCUT2D eigenvalue weighted by Crippen LogP contribution is -2.26. The molecule has 0 aliphatic rings. The van der Waals surface area contributed by atoms with Crippen LogP contribution in [0.15, 0.2) is 53.1 Å². The Hall–Kier alpha value is -2.86. The molecule has 0 unspecified atom stereocenters. The molecule has 0 N–H and O–H groups in total. The number of hydrogen-bond donors (Lipinski definition) is 0. The molecule has 7 heteroatoms. The molecule has 3 rings (SSSR count). The van der Waals surface area contributed by atoms with Crippen LogP contribution in [0.25, 0.3) is 11.4 Å². The fraction of sp³-hybridized carbons (Fsp3) is 0.286. The SMILES string of the molecule is CCOc1ccc(CN(C)C(=O)CCc2nc(-c3ccc(Cl)cc3)no2)cc1. The van der Waals surface area contributed by atoms with E-state index in [9.17, 15) is 4.79 Å². The van der Waals surface area contributed by atoms with Crippen molar-refractivity contribution in [2.24, 2.45) is 0 Å². The van der Waals surface area contributed by atoms with Gasteiger partial charge in [0.25, 0.3) is 0 Å². The number of aryl methyl sites for hydroxylation is 1. The van der Waals surface area contributed by atoms with Crippen LogP contribution in [-0.4, -0.2) is 34.6 Å². The van der Waals surface area contributed by atoms with Gasteiger partial charge >= 0.3 is 0 Å². The van der Waals surface area contributed by atoms with E-state index in [0.29, 0.717) is 42.7 Å². The van der Waals surface area contributed by atoms with E-state index in [4.69, 9.17) is 20.9 Å². The fourth-order valence-corrected chi connectivity index (χ4v) is 2.82.